The Morgan fingerprint density at radius 1 is 1.28 bits per heavy atom. The molecule has 0 spiro atoms. The molecule has 25 heavy (non-hydrogen) atoms. The monoisotopic (exact) mass is 456 g/mol. The summed E-state index contributed by atoms with van der Waals surface area (Å²) in [7, 11) is 0. The zero-order chi connectivity index (χ0) is 17.5. The molecule has 5 nitrogen and oxygen atoms in total. The van der Waals surface area contributed by atoms with Gasteiger partial charge in [-0.15, -0.1) is 24.0 Å². The fourth-order valence-electron chi connectivity index (χ4n) is 2.63. The summed E-state index contributed by atoms with van der Waals surface area (Å²) in [5, 5.41) is 7.10. The maximum atomic E-state index is 5.96. The number of nitrogens with one attached hydrogen (secondary N) is 1. The summed E-state index contributed by atoms with van der Waals surface area (Å²) in [6.07, 6.45) is 2.96. The Balaban J connectivity index is 0.00000312. The molecule has 6 heteroatoms. The van der Waals surface area contributed by atoms with Crippen molar-refractivity contribution in [3.8, 4) is 0 Å². The number of hydrogen-bond acceptors (Lipinski definition) is 3. The summed E-state index contributed by atoms with van der Waals surface area (Å²) in [4.78, 5) is 4.38. The quantitative estimate of drug-likeness (QED) is 0.272. The van der Waals surface area contributed by atoms with Crippen LogP contribution in [0.3, 0.4) is 0 Å². The summed E-state index contributed by atoms with van der Waals surface area (Å²) in [6.45, 7) is 9.01. The zero-order valence-corrected chi connectivity index (χ0v) is 17.8. The molecule has 0 saturated carbocycles. The topological polar surface area (TPSA) is 76.4 Å². The SMILES string of the molecule is CCC(C)c1ccc(NC(N)=NCCCc2c(C)noc2C)cc1.I. The lowest BCUT2D eigenvalue weighted by molar-refractivity contribution is 0.392. The van der Waals surface area contributed by atoms with Crippen molar-refractivity contribution in [3.05, 3.63) is 46.8 Å². The van der Waals surface area contributed by atoms with Crippen LogP contribution in [0.2, 0.25) is 0 Å². The summed E-state index contributed by atoms with van der Waals surface area (Å²) < 4.78 is 5.16. The minimum absolute atomic E-state index is 0. The standard InChI is InChI=1S/C19H28N4O.HI/c1-5-13(2)16-8-10-17(11-9-16)22-19(20)21-12-6-7-18-14(3)23-24-15(18)4;/h8-11,13H,5-7,12H2,1-4H3,(H3,20,21,22);1H. The third-order valence-electron chi connectivity index (χ3n) is 4.41. The van der Waals surface area contributed by atoms with Gasteiger partial charge in [0.1, 0.15) is 5.76 Å². The van der Waals surface area contributed by atoms with Crippen molar-refractivity contribution in [2.45, 2.75) is 52.9 Å². The van der Waals surface area contributed by atoms with Crippen molar-refractivity contribution >= 4 is 35.6 Å². The molecule has 1 unspecified atom stereocenters. The van der Waals surface area contributed by atoms with Gasteiger partial charge in [-0.05, 0) is 56.7 Å². The molecule has 138 valence electrons. The van der Waals surface area contributed by atoms with Crippen molar-refractivity contribution in [1.82, 2.24) is 5.16 Å². The van der Waals surface area contributed by atoms with Gasteiger partial charge < -0.3 is 15.6 Å². The van der Waals surface area contributed by atoms with Crippen molar-refractivity contribution < 1.29 is 4.52 Å². The van der Waals surface area contributed by atoms with E-state index in [0.29, 0.717) is 18.4 Å². The lowest BCUT2D eigenvalue weighted by Crippen LogP contribution is -2.22. The van der Waals surface area contributed by atoms with Crippen molar-refractivity contribution in [2.75, 3.05) is 11.9 Å². The number of anilines is 1. The Morgan fingerprint density at radius 3 is 2.52 bits per heavy atom. The van der Waals surface area contributed by atoms with E-state index in [2.05, 4.69) is 41.4 Å². The number of hydrogen-bond donors (Lipinski definition) is 2. The predicted octanol–water partition coefficient (Wildman–Crippen LogP) is 4.78. The highest BCUT2D eigenvalue weighted by Gasteiger charge is 2.08. The van der Waals surface area contributed by atoms with Gasteiger partial charge in [0.2, 0.25) is 0 Å². The first-order valence-corrected chi connectivity index (χ1v) is 8.60. The smallest absolute Gasteiger partial charge is 0.193 e. The molecule has 3 N–H and O–H groups in total. The van der Waals surface area contributed by atoms with Crippen LogP contribution in [0.4, 0.5) is 5.69 Å². The van der Waals surface area contributed by atoms with Gasteiger partial charge in [0, 0.05) is 17.8 Å². The Morgan fingerprint density at radius 2 is 1.96 bits per heavy atom. The predicted molar refractivity (Wildman–Crippen MR) is 115 cm³/mol. The summed E-state index contributed by atoms with van der Waals surface area (Å²) in [5.41, 5.74) is 10.4. The molecule has 1 aromatic heterocycles. The van der Waals surface area contributed by atoms with Crippen LogP contribution in [0.15, 0.2) is 33.8 Å². The molecule has 1 heterocycles. The van der Waals surface area contributed by atoms with Gasteiger partial charge in [0.15, 0.2) is 5.96 Å². The maximum absolute atomic E-state index is 5.96. The van der Waals surface area contributed by atoms with Crippen LogP contribution in [-0.2, 0) is 6.42 Å². The highest BCUT2D eigenvalue weighted by Crippen LogP contribution is 2.20. The minimum atomic E-state index is 0. The second-order valence-electron chi connectivity index (χ2n) is 6.23. The normalized spacial score (nSPS) is 12.6. The fourth-order valence-corrected chi connectivity index (χ4v) is 2.63. The van der Waals surface area contributed by atoms with E-state index in [9.17, 15) is 0 Å². The lowest BCUT2D eigenvalue weighted by Gasteiger charge is -2.10. The van der Waals surface area contributed by atoms with E-state index in [0.717, 1.165) is 36.4 Å². The molecule has 0 amide bonds. The highest BCUT2D eigenvalue weighted by molar-refractivity contribution is 14.0. The largest absolute Gasteiger partial charge is 0.370 e. The number of nitrogens with zero attached hydrogens (tertiary/aromatic N) is 2. The first kappa shape index (κ1) is 21.5. The molecule has 1 atom stereocenters. The van der Waals surface area contributed by atoms with Crippen LogP contribution in [0.25, 0.3) is 0 Å². The summed E-state index contributed by atoms with van der Waals surface area (Å²) in [5.74, 6) is 1.92. The molecule has 0 aliphatic carbocycles. The van der Waals surface area contributed by atoms with Crippen LogP contribution in [0.5, 0.6) is 0 Å². The second-order valence-corrected chi connectivity index (χ2v) is 6.23. The van der Waals surface area contributed by atoms with E-state index in [1.807, 2.05) is 26.0 Å². The molecule has 0 radical (unpaired) electrons. The zero-order valence-electron chi connectivity index (χ0n) is 15.5. The fraction of sp³-hybridized carbons (Fsp3) is 0.474. The number of rotatable bonds is 7. The Bertz CT molecular complexity index is 660. The lowest BCUT2D eigenvalue weighted by atomic mass is 9.99. The Hall–Kier alpha value is -1.57. The average Bonchev–Trinajstić information content (AvgIpc) is 2.90. The number of benzene rings is 1. The Labute approximate surface area is 167 Å². The van der Waals surface area contributed by atoms with Crippen molar-refractivity contribution in [2.24, 2.45) is 10.7 Å². The summed E-state index contributed by atoms with van der Waals surface area (Å²) >= 11 is 0. The second kappa shape index (κ2) is 10.4. The molecule has 2 rings (SSSR count). The van der Waals surface area contributed by atoms with Gasteiger partial charge in [-0.2, -0.15) is 0 Å². The highest BCUT2D eigenvalue weighted by atomic mass is 127. The number of halogens is 1. The van der Waals surface area contributed by atoms with Gasteiger partial charge in [-0.3, -0.25) is 4.99 Å². The summed E-state index contributed by atoms with van der Waals surface area (Å²) in [6, 6.07) is 8.38. The van der Waals surface area contributed by atoms with E-state index < -0.39 is 0 Å². The van der Waals surface area contributed by atoms with Crippen molar-refractivity contribution in [3.63, 3.8) is 0 Å². The van der Waals surface area contributed by atoms with Crippen molar-refractivity contribution in [1.29, 1.82) is 0 Å². The number of aliphatic imine (C=N–C) groups is 1. The van der Waals surface area contributed by atoms with Gasteiger partial charge in [0.25, 0.3) is 0 Å². The van der Waals surface area contributed by atoms with Gasteiger partial charge in [0.05, 0.1) is 5.69 Å². The third kappa shape index (κ3) is 6.34. The molecule has 1 aromatic carbocycles. The first-order valence-electron chi connectivity index (χ1n) is 8.60. The first-order chi connectivity index (χ1) is 11.5. The van der Waals surface area contributed by atoms with E-state index in [1.54, 1.807) is 0 Å². The van der Waals surface area contributed by atoms with Gasteiger partial charge in [-0.1, -0.05) is 31.1 Å². The van der Waals surface area contributed by atoms with E-state index in [1.165, 1.54) is 11.1 Å². The number of aryl methyl sites for hydroxylation is 2. The van der Waals surface area contributed by atoms with E-state index >= 15 is 0 Å². The molecule has 0 bridgehead atoms. The van der Waals surface area contributed by atoms with E-state index in [4.69, 9.17) is 10.3 Å². The minimum Gasteiger partial charge on any atom is -0.370 e. The molecule has 0 saturated heterocycles. The molecule has 0 aliphatic heterocycles. The number of guanidine groups is 1. The molecule has 2 aromatic rings. The average molecular weight is 456 g/mol. The molecule has 0 fully saturated rings. The van der Waals surface area contributed by atoms with Crippen LogP contribution in [-0.4, -0.2) is 17.7 Å². The van der Waals surface area contributed by atoms with Crippen LogP contribution >= 0.6 is 24.0 Å². The molecular weight excluding hydrogens is 427 g/mol. The maximum Gasteiger partial charge on any atom is 0.193 e. The van der Waals surface area contributed by atoms with E-state index in [-0.39, 0.29) is 24.0 Å². The van der Waals surface area contributed by atoms with Crippen LogP contribution in [0, 0.1) is 13.8 Å². The van der Waals surface area contributed by atoms with Crippen LogP contribution < -0.4 is 11.1 Å². The van der Waals surface area contributed by atoms with Gasteiger partial charge in [-0.25, -0.2) is 0 Å². The Kier molecular flexibility index (Phi) is 8.96. The van der Waals surface area contributed by atoms with Gasteiger partial charge >= 0.3 is 0 Å². The number of aromatic nitrogens is 1. The number of nitrogens with two attached hydrogens (primary N) is 1. The molecular formula is C19H29IN4O. The third-order valence-corrected chi connectivity index (χ3v) is 4.41. The van der Waals surface area contributed by atoms with Crippen LogP contribution in [0.1, 0.15) is 55.2 Å². The molecule has 0 aliphatic rings.